The number of halogens is 1. The summed E-state index contributed by atoms with van der Waals surface area (Å²) >= 11 is 0. The van der Waals surface area contributed by atoms with Crippen LogP contribution in [0.2, 0.25) is 0 Å². The summed E-state index contributed by atoms with van der Waals surface area (Å²) in [5.74, 6) is 1.17. The van der Waals surface area contributed by atoms with Gasteiger partial charge in [-0.3, -0.25) is 0 Å². The van der Waals surface area contributed by atoms with Crippen LogP contribution in [-0.2, 0) is 0 Å². The molecule has 28 heavy (non-hydrogen) atoms. The lowest BCUT2D eigenvalue weighted by Crippen LogP contribution is -2.16. The summed E-state index contributed by atoms with van der Waals surface area (Å²) in [6.45, 7) is 0. The highest BCUT2D eigenvalue weighted by molar-refractivity contribution is 5.87. The Morgan fingerprint density at radius 3 is 1.93 bits per heavy atom. The summed E-state index contributed by atoms with van der Waals surface area (Å²) in [6, 6.07) is 30.2. The molecular formula is C24H17FN2O. The van der Waals surface area contributed by atoms with Gasteiger partial charge in [-0.1, -0.05) is 42.5 Å². The molecule has 0 amide bonds. The fourth-order valence-electron chi connectivity index (χ4n) is 3.45. The van der Waals surface area contributed by atoms with E-state index in [1.165, 1.54) is 12.1 Å². The second-order valence-electron chi connectivity index (χ2n) is 6.56. The van der Waals surface area contributed by atoms with Crippen LogP contribution in [0.3, 0.4) is 0 Å². The normalized spacial score (nSPS) is 12.0. The van der Waals surface area contributed by atoms with E-state index < -0.39 is 0 Å². The van der Waals surface area contributed by atoms with E-state index in [9.17, 15) is 4.39 Å². The summed E-state index contributed by atoms with van der Waals surface area (Å²) in [7, 11) is 0. The third-order valence-corrected chi connectivity index (χ3v) is 4.64. The van der Waals surface area contributed by atoms with Gasteiger partial charge in [0.2, 0.25) is 0 Å². The van der Waals surface area contributed by atoms with Crippen LogP contribution in [0.15, 0.2) is 97.1 Å². The van der Waals surface area contributed by atoms with E-state index in [1.807, 2.05) is 89.8 Å². The number of anilines is 5. The smallest absolute Gasteiger partial charge is 0.151 e. The predicted molar refractivity (Wildman–Crippen MR) is 111 cm³/mol. The molecule has 0 saturated heterocycles. The molecule has 3 nitrogen and oxygen atoms in total. The lowest BCUT2D eigenvalue weighted by molar-refractivity contribution is 0.477. The molecule has 0 spiro atoms. The first-order valence-corrected chi connectivity index (χ1v) is 9.07. The van der Waals surface area contributed by atoms with Crippen LogP contribution in [0.5, 0.6) is 11.5 Å². The zero-order valence-electron chi connectivity index (χ0n) is 15.0. The standard InChI is InChI=1S/C24H17FN2O/c25-17-14-19(26-18-8-2-1-3-9-18)16-20(15-17)27-21-10-4-6-12-23(21)28-24-13-7-5-11-22(24)27/h1-16,26H. The Labute approximate surface area is 162 Å². The van der Waals surface area contributed by atoms with Gasteiger partial charge in [0.15, 0.2) is 11.5 Å². The van der Waals surface area contributed by atoms with Crippen LogP contribution < -0.4 is 15.0 Å². The fraction of sp³-hybridized carbons (Fsp3) is 0. The Kier molecular flexibility index (Phi) is 3.95. The number of benzene rings is 4. The van der Waals surface area contributed by atoms with Crippen molar-refractivity contribution in [3.8, 4) is 11.5 Å². The van der Waals surface area contributed by atoms with Crippen LogP contribution in [0.1, 0.15) is 0 Å². The van der Waals surface area contributed by atoms with Gasteiger partial charge in [-0.25, -0.2) is 4.39 Å². The molecule has 0 aliphatic carbocycles. The van der Waals surface area contributed by atoms with Gasteiger partial charge in [-0.05, 0) is 54.6 Å². The van der Waals surface area contributed by atoms with E-state index in [1.54, 1.807) is 0 Å². The van der Waals surface area contributed by atoms with Crippen molar-refractivity contribution in [2.45, 2.75) is 0 Å². The largest absolute Gasteiger partial charge is 0.453 e. The number of hydrogen-bond acceptors (Lipinski definition) is 3. The van der Waals surface area contributed by atoms with Gasteiger partial charge in [0, 0.05) is 11.4 Å². The number of hydrogen-bond donors (Lipinski definition) is 1. The van der Waals surface area contributed by atoms with Crippen molar-refractivity contribution in [1.29, 1.82) is 0 Å². The zero-order chi connectivity index (χ0) is 18.9. The molecule has 0 fully saturated rings. The first-order chi connectivity index (χ1) is 13.8. The molecule has 0 unspecified atom stereocenters. The van der Waals surface area contributed by atoms with Gasteiger partial charge in [-0.2, -0.15) is 0 Å². The highest BCUT2D eigenvalue weighted by Gasteiger charge is 2.25. The lowest BCUT2D eigenvalue weighted by Gasteiger charge is -2.33. The minimum absolute atomic E-state index is 0.308. The Bertz CT molecular complexity index is 1100. The van der Waals surface area contributed by atoms with Gasteiger partial charge >= 0.3 is 0 Å². The van der Waals surface area contributed by atoms with Crippen molar-refractivity contribution in [2.75, 3.05) is 10.2 Å². The first kappa shape index (κ1) is 16.4. The maximum Gasteiger partial charge on any atom is 0.151 e. The molecule has 1 aliphatic rings. The summed E-state index contributed by atoms with van der Waals surface area (Å²) in [5.41, 5.74) is 4.06. The quantitative estimate of drug-likeness (QED) is 0.366. The Balaban J connectivity index is 1.63. The van der Waals surface area contributed by atoms with Crippen molar-refractivity contribution in [3.05, 3.63) is 103 Å². The molecular weight excluding hydrogens is 351 g/mol. The van der Waals surface area contributed by atoms with E-state index in [0.29, 0.717) is 5.69 Å². The molecule has 0 saturated carbocycles. The summed E-state index contributed by atoms with van der Waals surface area (Å²) in [4.78, 5) is 2.02. The van der Waals surface area contributed by atoms with Crippen molar-refractivity contribution in [1.82, 2.24) is 0 Å². The Hall–Kier alpha value is -3.79. The highest BCUT2D eigenvalue weighted by atomic mass is 19.1. The maximum absolute atomic E-state index is 14.5. The van der Waals surface area contributed by atoms with Crippen LogP contribution in [0.25, 0.3) is 0 Å². The minimum Gasteiger partial charge on any atom is -0.453 e. The summed E-state index contributed by atoms with van der Waals surface area (Å²) < 4.78 is 20.6. The molecule has 0 radical (unpaired) electrons. The highest BCUT2D eigenvalue weighted by Crippen LogP contribution is 2.50. The third kappa shape index (κ3) is 2.95. The third-order valence-electron chi connectivity index (χ3n) is 4.64. The molecule has 1 heterocycles. The second kappa shape index (κ2) is 6.74. The maximum atomic E-state index is 14.5. The number of nitrogens with zero attached hydrogens (tertiary/aromatic N) is 1. The van der Waals surface area contributed by atoms with Crippen LogP contribution in [0.4, 0.5) is 32.8 Å². The van der Waals surface area contributed by atoms with Crippen LogP contribution >= 0.6 is 0 Å². The molecule has 4 aromatic rings. The zero-order valence-corrected chi connectivity index (χ0v) is 15.0. The van der Waals surface area contributed by atoms with Crippen LogP contribution in [0, 0.1) is 5.82 Å². The monoisotopic (exact) mass is 368 g/mol. The molecule has 136 valence electrons. The topological polar surface area (TPSA) is 24.5 Å². The van der Waals surface area contributed by atoms with Gasteiger partial charge in [0.1, 0.15) is 5.82 Å². The Morgan fingerprint density at radius 2 is 1.25 bits per heavy atom. The number of rotatable bonds is 3. The summed E-state index contributed by atoms with van der Waals surface area (Å²) in [6.07, 6.45) is 0. The van der Waals surface area contributed by atoms with E-state index in [2.05, 4.69) is 5.32 Å². The van der Waals surface area contributed by atoms with Crippen molar-refractivity contribution >= 4 is 28.4 Å². The lowest BCUT2D eigenvalue weighted by atomic mass is 10.1. The molecule has 4 heteroatoms. The van der Waals surface area contributed by atoms with Crippen molar-refractivity contribution < 1.29 is 9.13 Å². The van der Waals surface area contributed by atoms with E-state index >= 15 is 0 Å². The molecule has 0 bridgehead atoms. The second-order valence-corrected chi connectivity index (χ2v) is 6.56. The fourth-order valence-corrected chi connectivity index (χ4v) is 3.45. The molecule has 4 aromatic carbocycles. The van der Waals surface area contributed by atoms with Gasteiger partial charge in [-0.15, -0.1) is 0 Å². The number of nitrogens with one attached hydrogen (secondary N) is 1. The number of fused-ring (bicyclic) bond motifs is 2. The van der Waals surface area contributed by atoms with E-state index in [0.717, 1.165) is 34.2 Å². The average molecular weight is 368 g/mol. The van der Waals surface area contributed by atoms with Crippen LogP contribution in [-0.4, -0.2) is 0 Å². The number of ether oxygens (including phenoxy) is 1. The van der Waals surface area contributed by atoms with E-state index in [4.69, 9.17) is 4.74 Å². The molecule has 5 rings (SSSR count). The molecule has 0 aromatic heterocycles. The van der Waals surface area contributed by atoms with Gasteiger partial charge in [0.25, 0.3) is 0 Å². The number of para-hydroxylation sites is 5. The van der Waals surface area contributed by atoms with Crippen molar-refractivity contribution in [3.63, 3.8) is 0 Å². The molecule has 1 N–H and O–H groups in total. The van der Waals surface area contributed by atoms with Gasteiger partial charge in [0.05, 0.1) is 17.1 Å². The SMILES string of the molecule is Fc1cc(Nc2ccccc2)cc(N2c3ccccc3Oc3ccccc32)c1. The average Bonchev–Trinajstić information content (AvgIpc) is 2.72. The molecule has 1 aliphatic heterocycles. The predicted octanol–water partition coefficient (Wildman–Crippen LogP) is 7.14. The first-order valence-electron chi connectivity index (χ1n) is 9.07. The van der Waals surface area contributed by atoms with E-state index in [-0.39, 0.29) is 5.82 Å². The molecule has 0 atom stereocenters. The van der Waals surface area contributed by atoms with Crippen molar-refractivity contribution in [2.24, 2.45) is 0 Å². The van der Waals surface area contributed by atoms with Gasteiger partial charge < -0.3 is 15.0 Å². The minimum atomic E-state index is -0.308. The summed E-state index contributed by atoms with van der Waals surface area (Å²) in [5, 5.41) is 3.27. The Morgan fingerprint density at radius 1 is 0.643 bits per heavy atom.